The van der Waals surface area contributed by atoms with Crippen molar-refractivity contribution >= 4 is 11.7 Å². The number of nitrogens with one attached hydrogen (secondary N) is 3. The molecule has 0 unspecified atom stereocenters. The summed E-state index contributed by atoms with van der Waals surface area (Å²) >= 11 is 0. The monoisotopic (exact) mass is 302 g/mol. The second-order valence-corrected chi connectivity index (χ2v) is 5.09. The van der Waals surface area contributed by atoms with Gasteiger partial charge in [0.2, 0.25) is 0 Å². The van der Waals surface area contributed by atoms with Gasteiger partial charge in [-0.1, -0.05) is 18.2 Å². The van der Waals surface area contributed by atoms with Crippen LogP contribution in [0.15, 0.2) is 30.5 Å². The molecule has 0 saturated carbocycles. The molecule has 118 valence electrons. The van der Waals surface area contributed by atoms with Gasteiger partial charge in [-0.3, -0.25) is 5.10 Å². The molecule has 22 heavy (non-hydrogen) atoms. The first-order valence-corrected chi connectivity index (χ1v) is 7.31. The van der Waals surface area contributed by atoms with Gasteiger partial charge in [0, 0.05) is 30.6 Å². The molecule has 0 radical (unpaired) electrons. The summed E-state index contributed by atoms with van der Waals surface area (Å²) in [6.07, 6.45) is 3.59. The number of aromatic amines is 1. The lowest BCUT2D eigenvalue weighted by Crippen LogP contribution is -2.30. The lowest BCUT2D eigenvalue weighted by molar-refractivity contribution is 0.185. The van der Waals surface area contributed by atoms with Gasteiger partial charge in [-0.2, -0.15) is 5.10 Å². The maximum atomic E-state index is 11.9. The molecule has 0 aliphatic rings. The number of para-hydroxylation sites is 1. The Bertz CT molecular complexity index is 610. The molecule has 0 aliphatic carbocycles. The molecule has 0 atom stereocenters. The Kier molecular flexibility index (Phi) is 5.97. The molecule has 6 heteroatoms. The highest BCUT2D eigenvalue weighted by atomic mass is 16.5. The van der Waals surface area contributed by atoms with Crippen molar-refractivity contribution in [2.75, 3.05) is 19.0 Å². The van der Waals surface area contributed by atoms with E-state index in [0.717, 1.165) is 29.8 Å². The molecule has 1 aromatic carbocycles. The highest BCUT2D eigenvalue weighted by molar-refractivity contribution is 5.90. The van der Waals surface area contributed by atoms with Gasteiger partial charge < -0.3 is 15.4 Å². The summed E-state index contributed by atoms with van der Waals surface area (Å²) in [5.41, 5.74) is 3.99. The fourth-order valence-electron chi connectivity index (χ4n) is 2.20. The number of methoxy groups -OCH3 is 1. The van der Waals surface area contributed by atoms with E-state index < -0.39 is 0 Å². The summed E-state index contributed by atoms with van der Waals surface area (Å²) in [5, 5.41) is 12.6. The zero-order chi connectivity index (χ0) is 15.8. The van der Waals surface area contributed by atoms with Crippen LogP contribution in [0.4, 0.5) is 10.5 Å². The van der Waals surface area contributed by atoms with E-state index in [1.807, 2.05) is 37.4 Å². The third kappa shape index (κ3) is 4.60. The summed E-state index contributed by atoms with van der Waals surface area (Å²) in [5.74, 6) is 0. The number of ether oxygens (including phenoxy) is 1. The van der Waals surface area contributed by atoms with Gasteiger partial charge in [-0.05, 0) is 31.4 Å². The van der Waals surface area contributed by atoms with Crippen LogP contribution in [-0.4, -0.2) is 29.9 Å². The Balaban J connectivity index is 1.75. The maximum Gasteiger partial charge on any atom is 0.319 e. The Labute approximate surface area is 130 Å². The minimum atomic E-state index is -0.201. The number of aryl methyl sites for hydroxylation is 2. The van der Waals surface area contributed by atoms with Crippen LogP contribution < -0.4 is 10.6 Å². The molecule has 2 rings (SSSR count). The molecule has 0 bridgehead atoms. The van der Waals surface area contributed by atoms with E-state index in [1.165, 1.54) is 5.56 Å². The first kappa shape index (κ1) is 16.0. The highest BCUT2D eigenvalue weighted by Gasteiger charge is 2.06. The number of hydrogen-bond donors (Lipinski definition) is 3. The Morgan fingerprint density at radius 2 is 2.14 bits per heavy atom. The Hall–Kier alpha value is -2.34. The van der Waals surface area contributed by atoms with Crippen LogP contribution in [0.2, 0.25) is 0 Å². The fraction of sp³-hybridized carbons (Fsp3) is 0.375. The lowest BCUT2D eigenvalue weighted by atomic mass is 10.1. The average Bonchev–Trinajstić information content (AvgIpc) is 2.91. The molecular weight excluding hydrogens is 280 g/mol. The number of carbonyl (C=O) groups excluding carboxylic acids is 1. The summed E-state index contributed by atoms with van der Waals surface area (Å²) in [6.45, 7) is 3.08. The molecule has 0 spiro atoms. The summed E-state index contributed by atoms with van der Waals surface area (Å²) < 4.78 is 5.12. The predicted molar refractivity (Wildman–Crippen MR) is 85.8 cm³/mol. The molecule has 0 fully saturated rings. The van der Waals surface area contributed by atoms with Crippen LogP contribution in [-0.2, 0) is 17.8 Å². The highest BCUT2D eigenvalue weighted by Crippen LogP contribution is 2.15. The lowest BCUT2D eigenvalue weighted by Gasteiger charge is -2.11. The number of anilines is 1. The second kappa shape index (κ2) is 8.19. The molecule has 1 aromatic heterocycles. The van der Waals surface area contributed by atoms with E-state index in [2.05, 4.69) is 20.8 Å². The number of urea groups is 1. The zero-order valence-electron chi connectivity index (χ0n) is 13.0. The van der Waals surface area contributed by atoms with Gasteiger partial charge in [0.05, 0.1) is 12.8 Å². The predicted octanol–water partition coefficient (Wildman–Crippen LogP) is 2.62. The van der Waals surface area contributed by atoms with Crippen LogP contribution in [0.1, 0.15) is 23.2 Å². The number of rotatable bonds is 7. The molecule has 1 heterocycles. The third-order valence-electron chi connectivity index (χ3n) is 3.41. The quantitative estimate of drug-likeness (QED) is 0.688. The number of aromatic nitrogens is 2. The molecule has 0 saturated heterocycles. The van der Waals surface area contributed by atoms with Gasteiger partial charge >= 0.3 is 6.03 Å². The Morgan fingerprint density at radius 1 is 1.32 bits per heavy atom. The largest absolute Gasteiger partial charge is 0.380 e. The van der Waals surface area contributed by atoms with Crippen molar-refractivity contribution < 1.29 is 9.53 Å². The smallest absolute Gasteiger partial charge is 0.319 e. The van der Waals surface area contributed by atoms with Crippen LogP contribution in [0, 0.1) is 6.92 Å². The summed E-state index contributed by atoms with van der Waals surface area (Å²) in [6, 6.07) is 7.40. The van der Waals surface area contributed by atoms with Crippen molar-refractivity contribution in [2.45, 2.75) is 26.4 Å². The van der Waals surface area contributed by atoms with Gasteiger partial charge in [-0.15, -0.1) is 0 Å². The number of amides is 2. The molecule has 2 aromatic rings. The number of hydrogen-bond acceptors (Lipinski definition) is 3. The molecule has 6 nitrogen and oxygen atoms in total. The normalized spacial score (nSPS) is 10.5. The summed E-state index contributed by atoms with van der Waals surface area (Å²) in [4.78, 5) is 11.9. The van der Waals surface area contributed by atoms with Crippen LogP contribution in [0.3, 0.4) is 0 Å². The van der Waals surface area contributed by atoms with Gasteiger partial charge in [0.25, 0.3) is 0 Å². The van der Waals surface area contributed by atoms with E-state index in [9.17, 15) is 4.79 Å². The SMILES string of the molecule is COCc1ccccc1NC(=O)NCCCc1cn[nH]c1C. The fourth-order valence-corrected chi connectivity index (χ4v) is 2.20. The zero-order valence-corrected chi connectivity index (χ0v) is 13.0. The van der Waals surface area contributed by atoms with Crippen LogP contribution in [0.25, 0.3) is 0 Å². The first-order valence-electron chi connectivity index (χ1n) is 7.31. The van der Waals surface area contributed by atoms with Crippen molar-refractivity contribution in [2.24, 2.45) is 0 Å². The molecular formula is C16H22N4O2. The van der Waals surface area contributed by atoms with Gasteiger partial charge in [0.15, 0.2) is 0 Å². The van der Waals surface area contributed by atoms with Crippen LogP contribution >= 0.6 is 0 Å². The van der Waals surface area contributed by atoms with Gasteiger partial charge in [0.1, 0.15) is 0 Å². The molecule has 0 aliphatic heterocycles. The van der Waals surface area contributed by atoms with Crippen molar-refractivity contribution in [3.8, 4) is 0 Å². The number of nitrogens with zero attached hydrogens (tertiary/aromatic N) is 1. The maximum absolute atomic E-state index is 11.9. The number of H-pyrrole nitrogens is 1. The van der Waals surface area contributed by atoms with Crippen molar-refractivity contribution in [3.05, 3.63) is 47.3 Å². The van der Waals surface area contributed by atoms with Crippen molar-refractivity contribution in [1.82, 2.24) is 15.5 Å². The van der Waals surface area contributed by atoms with E-state index in [0.29, 0.717) is 13.2 Å². The van der Waals surface area contributed by atoms with Crippen molar-refractivity contribution in [1.29, 1.82) is 0 Å². The summed E-state index contributed by atoms with van der Waals surface area (Å²) in [7, 11) is 1.63. The Morgan fingerprint density at radius 3 is 2.86 bits per heavy atom. The van der Waals surface area contributed by atoms with E-state index in [-0.39, 0.29) is 6.03 Å². The third-order valence-corrected chi connectivity index (χ3v) is 3.41. The molecule has 3 N–H and O–H groups in total. The van der Waals surface area contributed by atoms with E-state index >= 15 is 0 Å². The number of benzene rings is 1. The van der Waals surface area contributed by atoms with Crippen LogP contribution in [0.5, 0.6) is 0 Å². The van der Waals surface area contributed by atoms with Gasteiger partial charge in [-0.25, -0.2) is 4.79 Å². The second-order valence-electron chi connectivity index (χ2n) is 5.09. The number of carbonyl (C=O) groups is 1. The molecule has 2 amide bonds. The van der Waals surface area contributed by atoms with E-state index in [4.69, 9.17) is 4.74 Å². The topological polar surface area (TPSA) is 79.0 Å². The van der Waals surface area contributed by atoms with Crippen molar-refractivity contribution in [3.63, 3.8) is 0 Å². The first-order chi connectivity index (χ1) is 10.7. The average molecular weight is 302 g/mol. The van der Waals surface area contributed by atoms with E-state index in [1.54, 1.807) is 7.11 Å². The minimum absolute atomic E-state index is 0.201. The standard InChI is InChI=1S/C16H22N4O2/c1-12-13(10-18-20-12)7-5-9-17-16(21)19-15-8-4-3-6-14(15)11-22-2/h3-4,6,8,10H,5,7,9,11H2,1-2H3,(H,18,20)(H2,17,19,21). The minimum Gasteiger partial charge on any atom is -0.380 e.